The molecule has 0 aromatic carbocycles. The normalized spacial score (nSPS) is 48.3. The van der Waals surface area contributed by atoms with Crippen molar-refractivity contribution >= 4 is 0 Å². The van der Waals surface area contributed by atoms with Gasteiger partial charge < -0.3 is 10.0 Å². The van der Waals surface area contributed by atoms with Gasteiger partial charge in [0, 0.05) is 6.54 Å². The Hall–Kier alpha value is -0.0800. The number of likely N-dealkylation sites (tertiary alicyclic amines) is 1. The molecule has 2 heteroatoms. The molecule has 1 heterocycles. The molecule has 1 saturated heterocycles. The van der Waals surface area contributed by atoms with Crippen molar-refractivity contribution in [2.24, 2.45) is 29.1 Å². The number of hydrogen-bond donors (Lipinski definition) is 1. The molecule has 5 fully saturated rings. The first kappa shape index (κ1) is 14.5. The first-order valence-electron chi connectivity index (χ1n) is 9.53. The topological polar surface area (TPSA) is 23.5 Å². The predicted octanol–water partition coefficient (Wildman–Crippen LogP) is 3.69. The van der Waals surface area contributed by atoms with E-state index in [1.807, 2.05) is 0 Å². The summed E-state index contributed by atoms with van der Waals surface area (Å²) in [5, 5.41) is 11.1. The lowest BCUT2D eigenvalue weighted by molar-refractivity contribution is -0.126. The van der Waals surface area contributed by atoms with E-state index in [1.165, 1.54) is 70.9 Å². The van der Waals surface area contributed by atoms with Crippen molar-refractivity contribution in [2.75, 3.05) is 19.6 Å². The number of hydrogen-bond acceptors (Lipinski definition) is 2. The van der Waals surface area contributed by atoms with Crippen LogP contribution in [0.4, 0.5) is 0 Å². The lowest BCUT2D eigenvalue weighted by atomic mass is 9.48. The van der Waals surface area contributed by atoms with Crippen LogP contribution in [0.25, 0.3) is 0 Å². The van der Waals surface area contributed by atoms with Gasteiger partial charge in [-0.05, 0) is 100.0 Å². The molecule has 2 nitrogen and oxygen atoms in total. The highest BCUT2D eigenvalue weighted by Crippen LogP contribution is 2.61. The highest BCUT2D eigenvalue weighted by Gasteiger charge is 2.54. The molecule has 2 atom stereocenters. The Morgan fingerprint density at radius 3 is 2.24 bits per heavy atom. The zero-order chi connectivity index (χ0) is 14.4. The van der Waals surface area contributed by atoms with Gasteiger partial charge in [-0.3, -0.25) is 0 Å². The molecule has 1 N–H and O–H groups in total. The molecule has 0 amide bonds. The van der Waals surface area contributed by atoms with Gasteiger partial charge in [-0.1, -0.05) is 6.92 Å². The van der Waals surface area contributed by atoms with Crippen LogP contribution in [0.1, 0.15) is 64.7 Å². The maximum absolute atomic E-state index is 11.1. The van der Waals surface area contributed by atoms with E-state index in [0.29, 0.717) is 5.41 Å². The summed E-state index contributed by atoms with van der Waals surface area (Å²) in [6, 6.07) is 0. The molecule has 1 aliphatic heterocycles. The minimum absolute atomic E-state index is 0.0562. The van der Waals surface area contributed by atoms with Crippen LogP contribution in [0.2, 0.25) is 0 Å². The van der Waals surface area contributed by atoms with Crippen molar-refractivity contribution in [3.63, 3.8) is 0 Å². The average Bonchev–Trinajstić information content (AvgIpc) is 2.62. The Bertz CT molecular complexity index is 344. The largest absolute Gasteiger partial charge is 0.391 e. The van der Waals surface area contributed by atoms with Gasteiger partial charge in [-0.25, -0.2) is 0 Å². The van der Waals surface area contributed by atoms with Crippen molar-refractivity contribution in [1.29, 1.82) is 0 Å². The number of rotatable bonds is 3. The summed E-state index contributed by atoms with van der Waals surface area (Å²) < 4.78 is 0. The van der Waals surface area contributed by atoms with Gasteiger partial charge in [0.05, 0.1) is 6.10 Å². The fourth-order valence-corrected chi connectivity index (χ4v) is 6.53. The summed E-state index contributed by atoms with van der Waals surface area (Å²) in [7, 11) is 0. The Morgan fingerprint density at radius 1 is 1.00 bits per heavy atom. The van der Waals surface area contributed by atoms with Crippen molar-refractivity contribution in [3.8, 4) is 0 Å². The van der Waals surface area contributed by atoms with E-state index < -0.39 is 0 Å². The Kier molecular flexibility index (Phi) is 3.82. The van der Waals surface area contributed by atoms with Crippen LogP contribution in [0.5, 0.6) is 0 Å². The minimum Gasteiger partial charge on any atom is -0.391 e. The summed E-state index contributed by atoms with van der Waals surface area (Å²) in [6.45, 7) is 5.77. The number of nitrogens with zero attached hydrogens (tertiary/aromatic N) is 1. The van der Waals surface area contributed by atoms with E-state index in [9.17, 15) is 5.11 Å². The molecule has 2 unspecified atom stereocenters. The number of β-amino-alcohol motifs (C(OH)–C–C–N with tert-alkyl or cyclic N) is 1. The van der Waals surface area contributed by atoms with Crippen LogP contribution in [0.15, 0.2) is 0 Å². The molecule has 0 aromatic rings. The molecule has 0 aromatic heterocycles. The third-order valence-corrected chi connectivity index (χ3v) is 7.33. The summed E-state index contributed by atoms with van der Waals surface area (Å²) in [4.78, 5) is 2.58. The lowest BCUT2D eigenvalue weighted by Gasteiger charge is -2.58. The Morgan fingerprint density at radius 2 is 1.62 bits per heavy atom. The third kappa shape index (κ3) is 2.79. The molecule has 4 aliphatic carbocycles. The first-order valence-corrected chi connectivity index (χ1v) is 9.53. The zero-order valence-electron chi connectivity index (χ0n) is 13.8. The van der Waals surface area contributed by atoms with Crippen LogP contribution in [-0.4, -0.2) is 35.7 Å². The van der Waals surface area contributed by atoms with Gasteiger partial charge in [0.25, 0.3) is 0 Å². The quantitative estimate of drug-likeness (QED) is 0.857. The monoisotopic (exact) mass is 291 g/mol. The average molecular weight is 291 g/mol. The first-order chi connectivity index (χ1) is 10.1. The van der Waals surface area contributed by atoms with E-state index in [2.05, 4.69) is 11.8 Å². The molecule has 0 radical (unpaired) electrons. The van der Waals surface area contributed by atoms with Crippen LogP contribution in [-0.2, 0) is 0 Å². The maximum atomic E-state index is 11.1. The zero-order valence-corrected chi connectivity index (χ0v) is 13.8. The van der Waals surface area contributed by atoms with E-state index in [-0.39, 0.29) is 6.10 Å². The van der Waals surface area contributed by atoms with Crippen molar-refractivity contribution in [1.82, 2.24) is 4.90 Å². The summed E-state index contributed by atoms with van der Waals surface area (Å²) in [5.74, 6) is 3.74. The van der Waals surface area contributed by atoms with E-state index >= 15 is 0 Å². The fraction of sp³-hybridized carbons (Fsp3) is 1.00. The van der Waals surface area contributed by atoms with Gasteiger partial charge in [0.15, 0.2) is 0 Å². The Balaban J connectivity index is 1.41. The molecule has 5 aliphatic rings. The van der Waals surface area contributed by atoms with Crippen LogP contribution >= 0.6 is 0 Å². The van der Waals surface area contributed by atoms with Crippen molar-refractivity contribution < 1.29 is 5.11 Å². The molecule has 5 rings (SSSR count). The highest BCUT2D eigenvalue weighted by atomic mass is 16.3. The summed E-state index contributed by atoms with van der Waals surface area (Å²) in [6.07, 6.45) is 12.4. The van der Waals surface area contributed by atoms with Crippen LogP contribution in [0, 0.1) is 29.1 Å². The molecule has 0 spiro atoms. The van der Waals surface area contributed by atoms with E-state index in [0.717, 1.165) is 30.2 Å². The fourth-order valence-electron chi connectivity index (χ4n) is 6.53. The second kappa shape index (κ2) is 5.53. The summed E-state index contributed by atoms with van der Waals surface area (Å²) in [5.41, 5.74) is 0.312. The van der Waals surface area contributed by atoms with Gasteiger partial charge in [-0.15, -0.1) is 0 Å². The van der Waals surface area contributed by atoms with Gasteiger partial charge >= 0.3 is 0 Å². The van der Waals surface area contributed by atoms with E-state index in [4.69, 9.17) is 0 Å². The minimum atomic E-state index is -0.0562. The standard InChI is InChI=1S/C19H33NO/c1-14-3-2-5-20(6-4-14)13-18(21)19-10-15-7-16(11-19)9-17(8-15)12-19/h14-18,21H,2-13H2,1H3. The molecular formula is C19H33NO. The smallest absolute Gasteiger partial charge is 0.0723 e. The SMILES string of the molecule is CC1CCCN(CC(O)C23CC4CC(CC(C4)C2)C3)CC1. The van der Waals surface area contributed by atoms with Crippen molar-refractivity contribution in [2.45, 2.75) is 70.8 Å². The number of aliphatic hydroxyl groups is 1. The highest BCUT2D eigenvalue weighted by molar-refractivity contribution is 5.04. The second-order valence-electron chi connectivity index (χ2n) is 9.13. The van der Waals surface area contributed by atoms with Gasteiger partial charge in [0.2, 0.25) is 0 Å². The lowest BCUT2D eigenvalue weighted by Crippen LogP contribution is -2.54. The molecule has 120 valence electrons. The van der Waals surface area contributed by atoms with Gasteiger partial charge in [0.1, 0.15) is 0 Å². The van der Waals surface area contributed by atoms with Crippen LogP contribution in [0.3, 0.4) is 0 Å². The second-order valence-corrected chi connectivity index (χ2v) is 9.13. The molecule has 4 bridgehead atoms. The number of aliphatic hydroxyl groups excluding tert-OH is 1. The molecule has 4 saturated carbocycles. The predicted molar refractivity (Wildman–Crippen MR) is 86.1 cm³/mol. The summed E-state index contributed by atoms with van der Waals surface area (Å²) >= 11 is 0. The Labute approximate surface area is 130 Å². The van der Waals surface area contributed by atoms with Gasteiger partial charge in [-0.2, -0.15) is 0 Å². The van der Waals surface area contributed by atoms with E-state index in [1.54, 1.807) is 0 Å². The third-order valence-electron chi connectivity index (χ3n) is 7.33. The van der Waals surface area contributed by atoms with Crippen LogP contribution < -0.4 is 0 Å². The van der Waals surface area contributed by atoms with Crippen molar-refractivity contribution in [3.05, 3.63) is 0 Å². The maximum Gasteiger partial charge on any atom is 0.0723 e. The molecular weight excluding hydrogens is 258 g/mol. The molecule has 21 heavy (non-hydrogen) atoms.